The maximum absolute atomic E-state index is 12.5. The zero-order valence-corrected chi connectivity index (χ0v) is 14.1. The molecule has 0 bridgehead atoms. The van der Waals surface area contributed by atoms with Crippen LogP contribution in [0.1, 0.15) is 44.1 Å². The number of rotatable bonds is 7. The summed E-state index contributed by atoms with van der Waals surface area (Å²) in [6.45, 7) is 1.70. The zero-order chi connectivity index (χ0) is 16.3. The number of amides is 1. The van der Waals surface area contributed by atoms with Crippen molar-refractivity contribution in [2.45, 2.75) is 56.7 Å². The van der Waals surface area contributed by atoms with E-state index in [-0.39, 0.29) is 5.91 Å². The van der Waals surface area contributed by atoms with Gasteiger partial charge < -0.3 is 10.0 Å². The molecule has 0 unspecified atom stereocenters. The highest BCUT2D eigenvalue weighted by molar-refractivity contribution is 5.78. The Labute approximate surface area is 139 Å². The van der Waals surface area contributed by atoms with Crippen molar-refractivity contribution in [3.05, 3.63) is 35.9 Å². The fourth-order valence-electron chi connectivity index (χ4n) is 3.59. The summed E-state index contributed by atoms with van der Waals surface area (Å²) in [5.74, 6) is 0.171. The molecule has 0 atom stereocenters. The van der Waals surface area contributed by atoms with Crippen molar-refractivity contribution in [2.75, 3.05) is 20.1 Å². The topological polar surface area (TPSA) is 43.8 Å². The first kappa shape index (κ1) is 16.5. The van der Waals surface area contributed by atoms with Gasteiger partial charge in [-0.15, -0.1) is 0 Å². The van der Waals surface area contributed by atoms with Crippen molar-refractivity contribution in [1.29, 1.82) is 0 Å². The van der Waals surface area contributed by atoms with Crippen LogP contribution >= 0.6 is 0 Å². The molecule has 2 fully saturated rings. The molecule has 126 valence electrons. The third-order valence-corrected chi connectivity index (χ3v) is 5.15. The molecule has 1 aromatic carbocycles. The molecular weight excluding hydrogens is 288 g/mol. The number of benzene rings is 1. The van der Waals surface area contributed by atoms with E-state index in [4.69, 9.17) is 0 Å². The van der Waals surface area contributed by atoms with Crippen molar-refractivity contribution in [3.63, 3.8) is 0 Å². The Morgan fingerprint density at radius 2 is 1.87 bits per heavy atom. The van der Waals surface area contributed by atoms with Gasteiger partial charge in [-0.3, -0.25) is 9.69 Å². The quantitative estimate of drug-likeness (QED) is 0.840. The number of nitrogens with zero attached hydrogens (tertiary/aromatic N) is 2. The van der Waals surface area contributed by atoms with Crippen LogP contribution in [0, 0.1) is 0 Å². The van der Waals surface area contributed by atoms with Gasteiger partial charge in [0, 0.05) is 26.2 Å². The Balaban J connectivity index is 1.65. The number of aliphatic hydroxyl groups is 1. The Kier molecular flexibility index (Phi) is 5.02. The first-order chi connectivity index (χ1) is 11.1. The lowest BCUT2D eigenvalue weighted by molar-refractivity contribution is -0.132. The van der Waals surface area contributed by atoms with Crippen LogP contribution in [0.25, 0.3) is 0 Å². The maximum atomic E-state index is 12.5. The molecule has 0 radical (unpaired) electrons. The third kappa shape index (κ3) is 4.55. The van der Waals surface area contributed by atoms with E-state index in [2.05, 4.69) is 17.0 Å². The normalized spacial score (nSPS) is 20.0. The minimum absolute atomic E-state index is 0.171. The lowest BCUT2D eigenvalue weighted by Crippen LogP contribution is -2.46. The Bertz CT molecular complexity index is 521. The molecule has 0 saturated heterocycles. The molecule has 3 rings (SSSR count). The SMILES string of the molecule is CN(C(=O)CN(Cc1ccccc1)CC1(O)CCCC1)C1CC1. The van der Waals surface area contributed by atoms with E-state index in [1.807, 2.05) is 30.1 Å². The molecule has 2 aliphatic carbocycles. The van der Waals surface area contributed by atoms with Gasteiger partial charge in [-0.25, -0.2) is 0 Å². The molecule has 0 spiro atoms. The molecular formula is C19H28N2O2. The molecule has 0 aliphatic heterocycles. The van der Waals surface area contributed by atoms with Crippen LogP contribution in [0.5, 0.6) is 0 Å². The van der Waals surface area contributed by atoms with E-state index in [0.29, 0.717) is 25.7 Å². The number of carbonyl (C=O) groups excluding carboxylic acids is 1. The summed E-state index contributed by atoms with van der Waals surface area (Å²) < 4.78 is 0. The van der Waals surface area contributed by atoms with Gasteiger partial charge in [-0.05, 0) is 31.2 Å². The lowest BCUT2D eigenvalue weighted by atomic mass is 10.0. The average Bonchev–Trinajstić information content (AvgIpc) is 3.30. The summed E-state index contributed by atoms with van der Waals surface area (Å²) in [7, 11) is 1.91. The van der Waals surface area contributed by atoms with Gasteiger partial charge in [0.2, 0.25) is 5.91 Å². The van der Waals surface area contributed by atoms with Gasteiger partial charge in [0.15, 0.2) is 0 Å². The van der Waals surface area contributed by atoms with E-state index in [1.165, 1.54) is 5.56 Å². The maximum Gasteiger partial charge on any atom is 0.236 e. The summed E-state index contributed by atoms with van der Waals surface area (Å²) in [6.07, 6.45) is 6.14. The van der Waals surface area contributed by atoms with Gasteiger partial charge >= 0.3 is 0 Å². The summed E-state index contributed by atoms with van der Waals surface area (Å²) in [5.41, 5.74) is 0.573. The molecule has 1 amide bonds. The zero-order valence-electron chi connectivity index (χ0n) is 14.1. The van der Waals surface area contributed by atoms with Crippen molar-refractivity contribution in [3.8, 4) is 0 Å². The Morgan fingerprint density at radius 3 is 2.48 bits per heavy atom. The van der Waals surface area contributed by atoms with Gasteiger partial charge in [0.05, 0.1) is 12.1 Å². The van der Waals surface area contributed by atoms with E-state index in [9.17, 15) is 9.90 Å². The van der Waals surface area contributed by atoms with E-state index >= 15 is 0 Å². The van der Waals surface area contributed by atoms with Crippen molar-refractivity contribution < 1.29 is 9.90 Å². The predicted octanol–water partition coefficient (Wildman–Crippen LogP) is 2.41. The molecule has 0 heterocycles. The van der Waals surface area contributed by atoms with Crippen LogP contribution in [-0.4, -0.2) is 52.6 Å². The number of hydrogen-bond acceptors (Lipinski definition) is 3. The van der Waals surface area contributed by atoms with Crippen molar-refractivity contribution in [1.82, 2.24) is 9.80 Å². The third-order valence-electron chi connectivity index (χ3n) is 5.15. The van der Waals surface area contributed by atoms with Crippen LogP contribution in [0.4, 0.5) is 0 Å². The van der Waals surface area contributed by atoms with Crippen LogP contribution in [0.2, 0.25) is 0 Å². The molecule has 1 N–H and O–H groups in total. The summed E-state index contributed by atoms with van der Waals surface area (Å²) in [5, 5.41) is 10.7. The van der Waals surface area contributed by atoms with Gasteiger partial charge in [-0.1, -0.05) is 43.2 Å². The Morgan fingerprint density at radius 1 is 1.22 bits per heavy atom. The molecule has 1 aromatic rings. The summed E-state index contributed by atoms with van der Waals surface area (Å²) in [4.78, 5) is 16.5. The second-order valence-corrected chi connectivity index (χ2v) is 7.30. The molecule has 4 nitrogen and oxygen atoms in total. The molecule has 0 aromatic heterocycles. The largest absolute Gasteiger partial charge is 0.389 e. The molecule has 4 heteroatoms. The second-order valence-electron chi connectivity index (χ2n) is 7.30. The minimum atomic E-state index is -0.618. The number of likely N-dealkylation sites (N-methyl/N-ethyl adjacent to an activating group) is 1. The van der Waals surface area contributed by atoms with Crippen molar-refractivity contribution in [2.24, 2.45) is 0 Å². The smallest absolute Gasteiger partial charge is 0.236 e. The first-order valence-electron chi connectivity index (χ1n) is 8.80. The fourth-order valence-corrected chi connectivity index (χ4v) is 3.59. The molecule has 2 aliphatic rings. The van der Waals surface area contributed by atoms with E-state index in [1.54, 1.807) is 0 Å². The van der Waals surface area contributed by atoms with E-state index < -0.39 is 5.60 Å². The van der Waals surface area contributed by atoms with E-state index in [0.717, 1.165) is 38.5 Å². The lowest BCUT2D eigenvalue weighted by Gasteiger charge is -2.32. The predicted molar refractivity (Wildman–Crippen MR) is 90.9 cm³/mol. The number of carbonyl (C=O) groups is 1. The van der Waals surface area contributed by atoms with Crippen LogP contribution in [0.15, 0.2) is 30.3 Å². The highest BCUT2D eigenvalue weighted by Gasteiger charge is 2.35. The van der Waals surface area contributed by atoms with Crippen LogP contribution < -0.4 is 0 Å². The molecule has 23 heavy (non-hydrogen) atoms. The molecule has 2 saturated carbocycles. The van der Waals surface area contributed by atoms with Crippen LogP contribution in [0.3, 0.4) is 0 Å². The standard InChI is InChI=1S/C19H28N2O2/c1-20(17-9-10-17)18(22)14-21(13-16-7-3-2-4-8-16)15-19(23)11-5-6-12-19/h2-4,7-8,17,23H,5-6,9-15H2,1H3. The summed E-state index contributed by atoms with van der Waals surface area (Å²) in [6, 6.07) is 10.7. The Hall–Kier alpha value is -1.39. The highest BCUT2D eigenvalue weighted by Crippen LogP contribution is 2.31. The van der Waals surface area contributed by atoms with Gasteiger partial charge in [-0.2, -0.15) is 0 Å². The van der Waals surface area contributed by atoms with Gasteiger partial charge in [0.1, 0.15) is 0 Å². The van der Waals surface area contributed by atoms with Crippen molar-refractivity contribution >= 4 is 5.91 Å². The number of hydrogen-bond donors (Lipinski definition) is 1. The fraction of sp³-hybridized carbons (Fsp3) is 0.632. The average molecular weight is 316 g/mol. The summed E-state index contributed by atoms with van der Waals surface area (Å²) >= 11 is 0. The van der Waals surface area contributed by atoms with Crippen LogP contribution in [-0.2, 0) is 11.3 Å². The second kappa shape index (κ2) is 7.02. The first-order valence-corrected chi connectivity index (χ1v) is 8.80. The highest BCUT2D eigenvalue weighted by atomic mass is 16.3. The minimum Gasteiger partial charge on any atom is -0.389 e. The van der Waals surface area contributed by atoms with Gasteiger partial charge in [0.25, 0.3) is 0 Å². The monoisotopic (exact) mass is 316 g/mol.